The first kappa shape index (κ1) is 29.8. The smallest absolute Gasteiger partial charge is 0.441 e. The largest absolute Gasteiger partial charge is 0.490 e. The van der Waals surface area contributed by atoms with Gasteiger partial charge in [-0.2, -0.15) is 18.4 Å². The van der Waals surface area contributed by atoms with Gasteiger partial charge in [-0.15, -0.1) is 0 Å². The molecule has 2 aromatic carbocycles. The Hall–Kier alpha value is -4.15. The summed E-state index contributed by atoms with van der Waals surface area (Å²) in [6.45, 7) is 0.688. The van der Waals surface area contributed by atoms with E-state index in [-0.39, 0.29) is 19.4 Å². The van der Waals surface area contributed by atoms with Crippen LogP contribution in [-0.2, 0) is 25.6 Å². The molecule has 13 heteroatoms. The number of carbonyl (C=O) groups is 2. The molecule has 41 heavy (non-hydrogen) atoms. The molecule has 1 aromatic heterocycles. The number of benzene rings is 2. The fourth-order valence-corrected chi connectivity index (χ4v) is 4.99. The Bertz CT molecular complexity index is 1510. The minimum Gasteiger partial charge on any atom is -0.441 e. The van der Waals surface area contributed by atoms with Gasteiger partial charge in [-0.3, -0.25) is 9.36 Å². The van der Waals surface area contributed by atoms with Gasteiger partial charge in [0, 0.05) is 26.8 Å². The number of alkyl halides is 3. The Balaban J connectivity index is 1.48. The summed E-state index contributed by atoms with van der Waals surface area (Å²) in [7, 11) is 1.58. The summed E-state index contributed by atoms with van der Waals surface area (Å²) in [5.74, 6) is -4.76. The van der Waals surface area contributed by atoms with Gasteiger partial charge in [0.25, 0.3) is 5.91 Å². The lowest BCUT2D eigenvalue weighted by molar-refractivity contribution is -0.215. The first-order valence-corrected chi connectivity index (χ1v) is 13.0. The number of halogens is 3. The highest BCUT2D eigenvalue weighted by atomic mass is 19.4. The van der Waals surface area contributed by atoms with Crippen molar-refractivity contribution in [3.8, 4) is 17.2 Å². The van der Waals surface area contributed by atoms with Crippen LogP contribution in [0.3, 0.4) is 0 Å². The highest BCUT2D eigenvalue weighted by Crippen LogP contribution is 2.35. The number of methoxy groups -OCH3 is 1. The minimum atomic E-state index is -5.28. The van der Waals surface area contributed by atoms with Crippen molar-refractivity contribution < 1.29 is 36.7 Å². The predicted molar refractivity (Wildman–Crippen MR) is 140 cm³/mol. The van der Waals surface area contributed by atoms with Gasteiger partial charge >= 0.3 is 17.9 Å². The monoisotopic (exact) mass is 574 g/mol. The Morgan fingerprint density at radius 1 is 1.24 bits per heavy atom. The van der Waals surface area contributed by atoms with E-state index in [4.69, 9.17) is 14.9 Å². The summed E-state index contributed by atoms with van der Waals surface area (Å²) >= 11 is 0. The molecular formula is C28H29F3N4O6. The molecule has 1 aliphatic carbocycles. The van der Waals surface area contributed by atoms with Crippen molar-refractivity contribution in [3.05, 3.63) is 58.6 Å². The van der Waals surface area contributed by atoms with Crippen LogP contribution < -0.4 is 16.8 Å². The fourth-order valence-electron chi connectivity index (χ4n) is 4.99. The first-order valence-electron chi connectivity index (χ1n) is 13.0. The summed E-state index contributed by atoms with van der Waals surface area (Å²) in [6.07, 6.45) is -4.30. The Morgan fingerprint density at radius 2 is 1.95 bits per heavy atom. The van der Waals surface area contributed by atoms with E-state index < -0.39 is 41.4 Å². The lowest BCUT2D eigenvalue weighted by atomic mass is 9.94. The molecule has 3 atom stereocenters. The quantitative estimate of drug-likeness (QED) is 0.277. The van der Waals surface area contributed by atoms with E-state index in [1.54, 1.807) is 43.5 Å². The number of hydrogen-bond acceptors (Lipinski definition) is 8. The van der Waals surface area contributed by atoms with E-state index in [2.05, 4.69) is 16.1 Å². The summed E-state index contributed by atoms with van der Waals surface area (Å²) in [5, 5.41) is 12.2. The Labute approximate surface area is 232 Å². The summed E-state index contributed by atoms with van der Waals surface area (Å²) in [4.78, 5) is 36.8. The molecule has 0 spiro atoms. The third-order valence-electron chi connectivity index (χ3n) is 7.22. The number of aryl methyl sites for hydroxylation is 1. The number of hydrogen-bond donors (Lipinski definition) is 2. The zero-order chi connectivity index (χ0) is 29.8. The number of carbonyl (C=O) groups excluding carboxylic acids is 2. The van der Waals surface area contributed by atoms with Crippen molar-refractivity contribution in [1.29, 1.82) is 5.26 Å². The van der Waals surface area contributed by atoms with Gasteiger partial charge in [0.1, 0.15) is 0 Å². The molecule has 1 aliphatic rings. The maximum absolute atomic E-state index is 13.0. The second kappa shape index (κ2) is 12.2. The maximum Gasteiger partial charge on any atom is 0.490 e. The van der Waals surface area contributed by atoms with Gasteiger partial charge in [0.2, 0.25) is 5.60 Å². The van der Waals surface area contributed by atoms with Gasteiger partial charge in [-0.05, 0) is 54.5 Å². The predicted octanol–water partition coefficient (Wildman–Crippen LogP) is 3.38. The molecule has 3 aromatic rings. The van der Waals surface area contributed by atoms with Gasteiger partial charge in [0.15, 0.2) is 5.58 Å². The maximum atomic E-state index is 13.0. The molecule has 10 nitrogen and oxygen atoms in total. The molecule has 3 N–H and O–H groups in total. The van der Waals surface area contributed by atoms with Crippen molar-refractivity contribution in [2.75, 3.05) is 20.3 Å². The number of nitrogens with one attached hydrogen (secondary N) is 1. The molecule has 4 rings (SSSR count). The molecular weight excluding hydrogens is 545 g/mol. The van der Waals surface area contributed by atoms with E-state index in [9.17, 15) is 32.8 Å². The van der Waals surface area contributed by atoms with Crippen LogP contribution in [0, 0.1) is 11.3 Å². The number of rotatable bonds is 10. The zero-order valence-electron chi connectivity index (χ0n) is 22.2. The third kappa shape index (κ3) is 6.28. The number of fused-ring (bicyclic) bond motifs is 1. The zero-order valence-corrected chi connectivity index (χ0v) is 22.2. The molecule has 1 amide bonds. The van der Waals surface area contributed by atoms with Gasteiger partial charge in [-0.1, -0.05) is 30.3 Å². The molecule has 0 bridgehead atoms. The second-order valence-corrected chi connectivity index (χ2v) is 9.84. The number of esters is 1. The number of ether oxygens (including phenoxy) is 2. The lowest BCUT2D eigenvalue weighted by Crippen LogP contribution is -2.59. The standard InChI is InChI=1S/C28H29F3N4O6/c1-39-13-3-12-35-21-14-19(9-10-22(21)40-26(35)38)17-5-7-18(8-6-17)20(15-32)16-34-24(36)27(11-2-4-23(27)33)41-25(37)28(29,30)31/h5-10,14,20,23H,2-4,11-13,16,33H2,1H3,(H,34,36). The lowest BCUT2D eigenvalue weighted by Gasteiger charge is -2.32. The highest BCUT2D eigenvalue weighted by molar-refractivity contribution is 5.90. The molecule has 1 fully saturated rings. The Morgan fingerprint density at radius 3 is 2.56 bits per heavy atom. The van der Waals surface area contributed by atoms with Crippen LogP contribution in [0.25, 0.3) is 22.2 Å². The number of aromatic nitrogens is 1. The van der Waals surface area contributed by atoms with Crippen molar-refractivity contribution in [2.24, 2.45) is 5.73 Å². The number of nitriles is 1. The van der Waals surface area contributed by atoms with Crippen LogP contribution in [0.1, 0.15) is 37.2 Å². The molecule has 3 unspecified atom stereocenters. The van der Waals surface area contributed by atoms with Crippen LogP contribution in [0.5, 0.6) is 0 Å². The van der Waals surface area contributed by atoms with Crippen LogP contribution in [0.4, 0.5) is 13.2 Å². The third-order valence-corrected chi connectivity index (χ3v) is 7.22. The van der Waals surface area contributed by atoms with Gasteiger partial charge in [0.05, 0.1) is 23.5 Å². The summed E-state index contributed by atoms with van der Waals surface area (Å²) in [6, 6.07) is 13.2. The van der Waals surface area contributed by atoms with E-state index in [1.165, 1.54) is 4.57 Å². The number of nitrogens with two attached hydrogens (primary N) is 1. The molecule has 1 heterocycles. The summed E-state index contributed by atoms with van der Waals surface area (Å²) < 4.78 is 55.1. The first-order chi connectivity index (χ1) is 19.5. The van der Waals surface area contributed by atoms with E-state index >= 15 is 0 Å². The van der Waals surface area contributed by atoms with E-state index in [1.807, 2.05) is 6.07 Å². The van der Waals surface area contributed by atoms with Crippen LogP contribution in [0.15, 0.2) is 51.7 Å². The van der Waals surface area contributed by atoms with Gasteiger partial charge < -0.3 is 24.9 Å². The highest BCUT2D eigenvalue weighted by Gasteiger charge is 2.55. The summed E-state index contributed by atoms with van der Waals surface area (Å²) in [5.41, 5.74) is 6.98. The second-order valence-electron chi connectivity index (χ2n) is 9.84. The fraction of sp³-hybridized carbons (Fsp3) is 0.429. The van der Waals surface area contributed by atoms with Crippen molar-refractivity contribution >= 4 is 23.0 Å². The normalized spacial score (nSPS) is 19.6. The van der Waals surface area contributed by atoms with E-state index in [0.717, 1.165) is 11.1 Å². The molecule has 0 saturated heterocycles. The Kier molecular flexibility index (Phi) is 8.84. The number of amides is 1. The number of nitrogens with zero attached hydrogens (tertiary/aromatic N) is 2. The van der Waals surface area contributed by atoms with Crippen molar-refractivity contribution in [2.45, 2.75) is 56.0 Å². The minimum absolute atomic E-state index is 0.158. The average Bonchev–Trinajstić information content (AvgIpc) is 3.47. The average molecular weight is 575 g/mol. The molecule has 218 valence electrons. The van der Waals surface area contributed by atoms with Crippen LogP contribution >= 0.6 is 0 Å². The van der Waals surface area contributed by atoms with Crippen molar-refractivity contribution in [1.82, 2.24) is 9.88 Å². The van der Waals surface area contributed by atoms with Crippen LogP contribution in [0.2, 0.25) is 0 Å². The van der Waals surface area contributed by atoms with Gasteiger partial charge in [-0.25, -0.2) is 9.59 Å². The van der Waals surface area contributed by atoms with E-state index in [0.29, 0.717) is 42.7 Å². The molecule has 1 saturated carbocycles. The molecule has 0 aliphatic heterocycles. The molecule has 0 radical (unpaired) electrons. The topological polar surface area (TPSA) is 150 Å². The van der Waals surface area contributed by atoms with Crippen molar-refractivity contribution in [3.63, 3.8) is 0 Å². The number of oxazole rings is 1. The SMILES string of the molecule is COCCCn1c(=O)oc2ccc(-c3ccc(C(C#N)CNC(=O)C4(OC(=O)C(F)(F)F)CCCC4N)cc3)cc21. The van der Waals surface area contributed by atoms with Crippen LogP contribution in [-0.4, -0.2) is 54.5 Å².